The molecule has 3 heterocycles. The Morgan fingerprint density at radius 2 is 1.77 bits per heavy atom. The lowest BCUT2D eigenvalue weighted by molar-refractivity contribution is 0.589. The zero-order chi connectivity index (χ0) is 25.0. The maximum atomic E-state index is 13.5. The molecule has 2 aromatic carbocycles. The van der Waals surface area contributed by atoms with Crippen molar-refractivity contribution < 1.29 is 16.8 Å². The molecule has 14 heteroatoms. The summed E-state index contributed by atoms with van der Waals surface area (Å²) in [4.78, 5) is 26.4. The molecule has 0 radical (unpaired) electrons. The summed E-state index contributed by atoms with van der Waals surface area (Å²) in [5.74, 6) is -0.324. The van der Waals surface area contributed by atoms with Crippen molar-refractivity contribution in [1.29, 1.82) is 0 Å². The third-order valence-electron chi connectivity index (χ3n) is 5.27. The summed E-state index contributed by atoms with van der Waals surface area (Å²) in [5.41, 5.74) is -0.370. The Bertz CT molecular complexity index is 1880. The summed E-state index contributed by atoms with van der Waals surface area (Å²) in [5, 5.41) is 6.35. The van der Waals surface area contributed by atoms with Gasteiger partial charge in [0.05, 0.1) is 24.7 Å². The molecule has 0 unspecified atom stereocenters. The molecule has 5 rings (SSSR count). The van der Waals surface area contributed by atoms with Crippen LogP contribution < -0.4 is 31.1 Å². The van der Waals surface area contributed by atoms with Crippen LogP contribution in [0.1, 0.15) is 5.56 Å². The molecule has 0 saturated carbocycles. The Morgan fingerprint density at radius 1 is 1.03 bits per heavy atom. The van der Waals surface area contributed by atoms with E-state index in [2.05, 4.69) is 19.9 Å². The Balaban J connectivity index is 1.73. The monoisotopic (exact) mass is 514 g/mol. The van der Waals surface area contributed by atoms with E-state index in [1.54, 1.807) is 0 Å². The molecule has 0 saturated heterocycles. The Kier molecular flexibility index (Phi) is 5.14. The lowest BCUT2D eigenvalue weighted by atomic mass is 10.2. The molecule has 0 aliphatic carbocycles. The zero-order valence-electron chi connectivity index (χ0n) is 18.1. The Morgan fingerprint density at radius 3 is 2.49 bits per heavy atom. The van der Waals surface area contributed by atoms with Crippen LogP contribution in [0.2, 0.25) is 0 Å². The molecule has 1 aliphatic rings. The van der Waals surface area contributed by atoms with Crippen molar-refractivity contribution in [2.75, 3.05) is 16.3 Å². The molecule has 0 fully saturated rings. The number of hydrogen-bond donors (Lipinski definition) is 3. The predicted octanol–water partition coefficient (Wildman–Crippen LogP) is -0.535. The molecular formula is C21H18N6O6S2. The molecule has 3 N–H and O–H groups in total. The van der Waals surface area contributed by atoms with Crippen LogP contribution in [-0.2, 0) is 26.6 Å². The molecule has 12 nitrogen and oxygen atoms in total. The highest BCUT2D eigenvalue weighted by Crippen LogP contribution is 2.30. The number of aromatic nitrogens is 3. The third-order valence-corrected chi connectivity index (χ3v) is 7.26. The first-order valence-corrected chi connectivity index (χ1v) is 13.5. The second-order valence-corrected chi connectivity index (χ2v) is 11.2. The van der Waals surface area contributed by atoms with Crippen molar-refractivity contribution in [3.63, 3.8) is 0 Å². The first-order valence-electron chi connectivity index (χ1n) is 10.1. The average molecular weight is 515 g/mol. The number of anilines is 2. The van der Waals surface area contributed by atoms with Gasteiger partial charge in [0.1, 0.15) is 21.6 Å². The van der Waals surface area contributed by atoms with Gasteiger partial charge in [0.2, 0.25) is 10.0 Å². The van der Waals surface area contributed by atoms with Gasteiger partial charge in [-0.2, -0.15) is 9.61 Å². The quantitative estimate of drug-likeness (QED) is 0.327. The number of sulfonamides is 2. The molecule has 180 valence electrons. The second-order valence-electron chi connectivity index (χ2n) is 7.85. The van der Waals surface area contributed by atoms with Crippen molar-refractivity contribution in [3.05, 3.63) is 92.3 Å². The number of nitrogens with one attached hydrogen (secondary N) is 3. The summed E-state index contributed by atoms with van der Waals surface area (Å²) in [6.45, 7) is 0.124. The van der Waals surface area contributed by atoms with Gasteiger partial charge in [0.15, 0.2) is 0 Å². The third kappa shape index (κ3) is 4.13. The van der Waals surface area contributed by atoms with E-state index >= 15 is 0 Å². The van der Waals surface area contributed by atoms with E-state index in [4.69, 9.17) is 0 Å². The summed E-state index contributed by atoms with van der Waals surface area (Å²) in [6.07, 6.45) is 2.31. The number of fused-ring (bicyclic) bond motifs is 2. The van der Waals surface area contributed by atoms with Crippen LogP contribution in [0.5, 0.6) is 0 Å². The maximum absolute atomic E-state index is 13.5. The lowest BCUT2D eigenvalue weighted by Gasteiger charge is -2.23. The van der Waals surface area contributed by atoms with Crippen molar-refractivity contribution in [1.82, 2.24) is 18.9 Å². The summed E-state index contributed by atoms with van der Waals surface area (Å²) in [6, 6.07) is 14.4. The Hall–Kier alpha value is -4.17. The topological polar surface area (TPSA) is 161 Å². The van der Waals surface area contributed by atoms with Gasteiger partial charge in [-0.1, -0.05) is 30.3 Å². The van der Waals surface area contributed by atoms with Gasteiger partial charge in [0, 0.05) is 11.8 Å². The van der Waals surface area contributed by atoms with Crippen LogP contribution in [-0.4, -0.2) is 37.3 Å². The fourth-order valence-electron chi connectivity index (χ4n) is 3.81. The molecule has 35 heavy (non-hydrogen) atoms. The van der Waals surface area contributed by atoms with E-state index in [1.807, 2.05) is 30.3 Å². The van der Waals surface area contributed by atoms with E-state index < -0.39 is 36.4 Å². The highest BCUT2D eigenvalue weighted by Gasteiger charge is 2.28. The van der Waals surface area contributed by atoms with Gasteiger partial charge in [-0.25, -0.2) is 16.8 Å². The largest absolute Gasteiger partial charge is 0.339 e. The fourth-order valence-corrected chi connectivity index (χ4v) is 5.59. The van der Waals surface area contributed by atoms with Gasteiger partial charge in [0.25, 0.3) is 21.1 Å². The van der Waals surface area contributed by atoms with Gasteiger partial charge >= 0.3 is 0 Å². The Labute approximate surface area is 198 Å². The van der Waals surface area contributed by atoms with Crippen molar-refractivity contribution >= 4 is 42.9 Å². The normalized spacial score (nSPS) is 16.3. The molecule has 2 aromatic heterocycles. The van der Waals surface area contributed by atoms with E-state index in [0.29, 0.717) is 0 Å². The van der Waals surface area contributed by atoms with E-state index in [1.165, 1.54) is 29.0 Å². The predicted molar refractivity (Wildman–Crippen MR) is 129 cm³/mol. The number of hydrogen-bond acceptors (Lipinski definition) is 8. The van der Waals surface area contributed by atoms with Gasteiger partial charge in [-0.05, 0) is 23.8 Å². The SMILES string of the molecule is CS(=O)(=O)Nc1ccc2c(c1)S(=O)(=O)N/C(=c1\c(=O)n(Cc3ccccc3)c3ccnn3c1=O)N2. The number of nitrogens with zero attached hydrogens (tertiary/aromatic N) is 3. The fraction of sp³-hybridized carbons (Fsp3) is 0.0952. The first kappa shape index (κ1) is 22.6. The average Bonchev–Trinajstić information content (AvgIpc) is 3.27. The smallest absolute Gasteiger partial charge is 0.289 e. The summed E-state index contributed by atoms with van der Waals surface area (Å²) in [7, 11) is -7.90. The molecule has 4 aromatic rings. The van der Waals surface area contributed by atoms with Gasteiger partial charge < -0.3 is 5.32 Å². The van der Waals surface area contributed by atoms with Crippen LogP contribution in [0, 0.1) is 0 Å². The highest BCUT2D eigenvalue weighted by atomic mass is 32.2. The van der Waals surface area contributed by atoms with Gasteiger partial charge in [-0.3, -0.25) is 23.6 Å². The zero-order valence-corrected chi connectivity index (χ0v) is 19.7. The molecule has 0 spiro atoms. The molecule has 0 atom stereocenters. The van der Waals surface area contributed by atoms with Gasteiger partial charge in [-0.15, -0.1) is 0 Å². The minimum Gasteiger partial charge on any atom is -0.339 e. The van der Waals surface area contributed by atoms with Crippen molar-refractivity contribution in [2.24, 2.45) is 0 Å². The molecule has 1 aliphatic heterocycles. The van der Waals surface area contributed by atoms with E-state index in [-0.39, 0.29) is 34.3 Å². The minimum absolute atomic E-state index is 0.0366. The van der Waals surface area contributed by atoms with Crippen LogP contribution in [0.4, 0.5) is 11.4 Å². The second kappa shape index (κ2) is 7.95. The molecular weight excluding hydrogens is 496 g/mol. The number of benzene rings is 2. The van der Waals surface area contributed by atoms with E-state index in [9.17, 15) is 26.4 Å². The molecule has 0 amide bonds. The van der Waals surface area contributed by atoms with Crippen LogP contribution in [0.25, 0.3) is 11.5 Å². The van der Waals surface area contributed by atoms with E-state index in [0.717, 1.165) is 22.4 Å². The van der Waals surface area contributed by atoms with Crippen LogP contribution in [0.3, 0.4) is 0 Å². The molecule has 0 bridgehead atoms. The van der Waals surface area contributed by atoms with Crippen LogP contribution in [0.15, 0.2) is 75.3 Å². The maximum Gasteiger partial charge on any atom is 0.289 e. The van der Waals surface area contributed by atoms with Crippen molar-refractivity contribution in [3.8, 4) is 0 Å². The number of rotatable bonds is 4. The summed E-state index contributed by atoms with van der Waals surface area (Å²) < 4.78 is 55.8. The summed E-state index contributed by atoms with van der Waals surface area (Å²) >= 11 is 0. The highest BCUT2D eigenvalue weighted by molar-refractivity contribution is 7.92. The van der Waals surface area contributed by atoms with Crippen LogP contribution >= 0.6 is 0 Å². The standard InChI is InChI=1S/C21H18N6O6S2/c1-34(30,31)24-14-7-8-15-16(11-14)35(32,33)25-19(23-15)18-20(28)26(12-13-5-3-2-4-6-13)17-9-10-22-27(17)21(18)29/h2-11,23-25H,12H2,1H3/b19-18+. The lowest BCUT2D eigenvalue weighted by Crippen LogP contribution is -2.53. The van der Waals surface area contributed by atoms with Crippen molar-refractivity contribution in [2.45, 2.75) is 11.4 Å². The minimum atomic E-state index is -4.26. The first-order chi connectivity index (χ1) is 16.5.